The highest BCUT2D eigenvalue weighted by Crippen LogP contribution is 2.52. The number of benzene rings is 5. The molecule has 5 aromatic carbocycles. The monoisotopic (exact) mass is 586 g/mol. The van der Waals surface area contributed by atoms with Crippen molar-refractivity contribution in [2.45, 2.75) is 47.1 Å². The molecule has 0 saturated carbocycles. The largest absolute Gasteiger partial charge is 0.441 e. The van der Waals surface area contributed by atoms with Crippen molar-refractivity contribution in [3.05, 3.63) is 119 Å². The molecule has 0 bridgehead atoms. The molecule has 6 nitrogen and oxygen atoms in total. The molecule has 0 atom stereocenters. The molecule has 44 heavy (non-hydrogen) atoms. The first-order chi connectivity index (χ1) is 20.8. The minimum Gasteiger partial charge on any atom is -0.441 e. The lowest BCUT2D eigenvalue weighted by Crippen LogP contribution is -2.30. The summed E-state index contributed by atoms with van der Waals surface area (Å²) in [5.41, 5.74) is -0.161. The third-order valence-corrected chi connectivity index (χ3v) is 7.93. The van der Waals surface area contributed by atoms with E-state index in [1.165, 1.54) is 0 Å². The number of carbonyl (C=O) groups is 3. The molecule has 0 radical (unpaired) electrons. The molecule has 0 aromatic heterocycles. The third-order valence-electron chi connectivity index (χ3n) is 7.93. The van der Waals surface area contributed by atoms with Crippen molar-refractivity contribution < 1.29 is 28.6 Å². The van der Waals surface area contributed by atoms with E-state index in [1.807, 2.05) is 120 Å². The topological polar surface area (TPSA) is 78.9 Å². The Hall–Kier alpha value is -4.97. The quantitative estimate of drug-likeness (QED) is 0.156. The van der Waals surface area contributed by atoms with E-state index in [0.717, 1.165) is 10.8 Å². The molecule has 5 aromatic rings. The van der Waals surface area contributed by atoms with Crippen LogP contribution in [0.25, 0.3) is 21.5 Å². The summed E-state index contributed by atoms with van der Waals surface area (Å²) in [6, 6.07) is 29.9. The fraction of sp³-hybridized carbons (Fsp3) is 0.237. The fourth-order valence-corrected chi connectivity index (χ4v) is 5.60. The first kappa shape index (κ1) is 29.1. The molecule has 0 saturated heterocycles. The summed E-state index contributed by atoms with van der Waals surface area (Å²) in [4.78, 5) is 39.4. The average molecular weight is 587 g/mol. The molecule has 0 spiro atoms. The van der Waals surface area contributed by atoms with E-state index >= 15 is 0 Å². The lowest BCUT2D eigenvalue weighted by atomic mass is 9.76. The highest BCUT2D eigenvalue weighted by molar-refractivity contribution is 6.03. The van der Waals surface area contributed by atoms with Crippen LogP contribution in [0.2, 0.25) is 0 Å². The average Bonchev–Trinajstić information content (AvgIpc) is 3.29. The van der Waals surface area contributed by atoms with Gasteiger partial charge in [0.2, 0.25) is 0 Å². The zero-order chi connectivity index (χ0) is 31.4. The summed E-state index contributed by atoms with van der Waals surface area (Å²) in [7, 11) is 0. The van der Waals surface area contributed by atoms with Gasteiger partial charge in [-0.3, -0.25) is 9.59 Å². The molecule has 1 aliphatic rings. The Bertz CT molecular complexity index is 1860. The number of fused-ring (bicyclic) bond motifs is 3. The van der Waals surface area contributed by atoms with Crippen LogP contribution in [-0.4, -0.2) is 17.9 Å². The first-order valence-electron chi connectivity index (χ1n) is 14.6. The summed E-state index contributed by atoms with van der Waals surface area (Å²) >= 11 is 0. The normalized spacial score (nSPS) is 14.3. The minimum atomic E-state index is -1.36. The van der Waals surface area contributed by atoms with Gasteiger partial charge in [0.25, 0.3) is 0 Å². The number of rotatable bonds is 4. The van der Waals surface area contributed by atoms with Crippen molar-refractivity contribution in [2.24, 2.45) is 10.8 Å². The molecule has 0 aliphatic carbocycles. The van der Waals surface area contributed by atoms with Gasteiger partial charge in [0.05, 0.1) is 16.4 Å². The highest BCUT2D eigenvalue weighted by atomic mass is 16.6. The number of carbonyl (C=O) groups excluding carboxylic acids is 3. The van der Waals surface area contributed by atoms with Gasteiger partial charge in [0, 0.05) is 27.5 Å². The van der Waals surface area contributed by atoms with Crippen LogP contribution in [0.4, 0.5) is 0 Å². The van der Waals surface area contributed by atoms with Crippen molar-refractivity contribution >= 4 is 39.5 Å². The Balaban J connectivity index is 1.65. The van der Waals surface area contributed by atoms with Crippen molar-refractivity contribution in [3.8, 4) is 11.5 Å². The van der Waals surface area contributed by atoms with E-state index in [2.05, 4.69) is 0 Å². The molecule has 0 amide bonds. The fourth-order valence-electron chi connectivity index (χ4n) is 5.60. The van der Waals surface area contributed by atoms with E-state index in [-0.39, 0.29) is 11.9 Å². The van der Waals surface area contributed by atoms with E-state index in [4.69, 9.17) is 14.2 Å². The van der Waals surface area contributed by atoms with Gasteiger partial charge < -0.3 is 14.2 Å². The number of cyclic esters (lactones) is 1. The van der Waals surface area contributed by atoms with E-state index in [9.17, 15) is 14.4 Å². The molecule has 0 fully saturated rings. The maximum absolute atomic E-state index is 13.6. The van der Waals surface area contributed by atoms with E-state index in [1.54, 1.807) is 18.2 Å². The minimum absolute atomic E-state index is 0.353. The van der Waals surface area contributed by atoms with Gasteiger partial charge in [0.15, 0.2) is 5.60 Å². The van der Waals surface area contributed by atoms with Crippen LogP contribution < -0.4 is 9.47 Å². The summed E-state index contributed by atoms with van der Waals surface area (Å²) in [6.07, 6.45) is 0. The summed E-state index contributed by atoms with van der Waals surface area (Å²) in [5, 5.41) is 2.96. The van der Waals surface area contributed by atoms with Crippen LogP contribution in [0.3, 0.4) is 0 Å². The molecule has 0 unspecified atom stereocenters. The number of hydrogen-bond donors (Lipinski definition) is 0. The smallest absolute Gasteiger partial charge is 0.340 e. The number of esters is 3. The summed E-state index contributed by atoms with van der Waals surface area (Å²) in [6.45, 7) is 10.9. The lowest BCUT2D eigenvalue weighted by Gasteiger charge is -2.33. The Morgan fingerprint density at radius 2 is 0.955 bits per heavy atom. The number of ether oxygens (including phenoxy) is 3. The van der Waals surface area contributed by atoms with Gasteiger partial charge in [-0.25, -0.2) is 4.79 Å². The maximum atomic E-state index is 13.6. The van der Waals surface area contributed by atoms with Gasteiger partial charge in [-0.2, -0.15) is 0 Å². The van der Waals surface area contributed by atoms with Crippen molar-refractivity contribution in [3.63, 3.8) is 0 Å². The summed E-state index contributed by atoms with van der Waals surface area (Å²) in [5.74, 6) is -0.304. The molecular formula is C38H34O6. The molecular weight excluding hydrogens is 552 g/mol. The Morgan fingerprint density at radius 1 is 0.545 bits per heavy atom. The van der Waals surface area contributed by atoms with Crippen molar-refractivity contribution in [1.29, 1.82) is 0 Å². The second-order valence-electron chi connectivity index (χ2n) is 13.2. The van der Waals surface area contributed by atoms with Crippen molar-refractivity contribution in [1.82, 2.24) is 0 Å². The molecule has 0 N–H and O–H groups in total. The number of hydrogen-bond acceptors (Lipinski definition) is 6. The van der Waals surface area contributed by atoms with Crippen LogP contribution in [0.15, 0.2) is 97.1 Å². The molecule has 1 heterocycles. The predicted molar refractivity (Wildman–Crippen MR) is 170 cm³/mol. The Morgan fingerprint density at radius 3 is 1.41 bits per heavy atom. The standard InChI is InChI=1S/C38H34O6/c1-36(2,3)34(40)42-31-21-19-29(23-13-7-9-15-25(23)31)38(28-18-12-11-17-27(28)33(39)44-38)30-20-22-32(43-35(41)37(4,5)6)26-16-10-8-14-24(26)30/h7-22H,1-6H3. The highest BCUT2D eigenvalue weighted by Gasteiger charge is 2.50. The van der Waals surface area contributed by atoms with Gasteiger partial charge in [-0.05, 0) is 82.6 Å². The van der Waals surface area contributed by atoms with Gasteiger partial charge in [-0.1, -0.05) is 66.7 Å². The second-order valence-corrected chi connectivity index (χ2v) is 13.2. The SMILES string of the molecule is CC(C)(C)C(=O)Oc1ccc(C2(c3ccc(OC(=O)C(C)(C)C)c4ccccc34)OC(=O)c3ccccc32)c2ccccc12. The maximum Gasteiger partial charge on any atom is 0.340 e. The lowest BCUT2D eigenvalue weighted by molar-refractivity contribution is -0.143. The first-order valence-corrected chi connectivity index (χ1v) is 14.6. The summed E-state index contributed by atoms with van der Waals surface area (Å²) < 4.78 is 18.3. The van der Waals surface area contributed by atoms with Crippen LogP contribution in [0.1, 0.15) is 68.6 Å². The zero-order valence-corrected chi connectivity index (χ0v) is 25.7. The second kappa shape index (κ2) is 10.3. The molecule has 222 valence electrons. The van der Waals surface area contributed by atoms with Crippen LogP contribution in [-0.2, 0) is 19.9 Å². The molecule has 1 aliphatic heterocycles. The van der Waals surface area contributed by atoms with E-state index in [0.29, 0.717) is 44.5 Å². The van der Waals surface area contributed by atoms with Crippen molar-refractivity contribution in [2.75, 3.05) is 0 Å². The molecule has 6 heteroatoms. The van der Waals surface area contributed by atoms with E-state index < -0.39 is 22.4 Å². The Kier molecular flexibility index (Phi) is 6.84. The third kappa shape index (κ3) is 4.71. The van der Waals surface area contributed by atoms with Gasteiger partial charge in [-0.15, -0.1) is 0 Å². The van der Waals surface area contributed by atoms with Gasteiger partial charge >= 0.3 is 17.9 Å². The van der Waals surface area contributed by atoms with Crippen LogP contribution >= 0.6 is 0 Å². The van der Waals surface area contributed by atoms with Crippen LogP contribution in [0, 0.1) is 10.8 Å². The van der Waals surface area contributed by atoms with Crippen LogP contribution in [0.5, 0.6) is 11.5 Å². The Labute approximate surface area is 256 Å². The predicted octanol–water partition coefficient (Wildman–Crippen LogP) is 8.36. The zero-order valence-electron chi connectivity index (χ0n) is 25.7. The van der Waals surface area contributed by atoms with Gasteiger partial charge in [0.1, 0.15) is 11.5 Å². The molecule has 6 rings (SSSR count).